The first-order valence-corrected chi connectivity index (χ1v) is 11.9. The van der Waals surface area contributed by atoms with Crippen molar-refractivity contribution in [2.45, 2.75) is 32.9 Å². The summed E-state index contributed by atoms with van der Waals surface area (Å²) in [6, 6.07) is 14.9. The van der Waals surface area contributed by atoms with Gasteiger partial charge >= 0.3 is 0 Å². The maximum atomic E-state index is 12.6. The molecule has 1 fully saturated rings. The molecule has 0 saturated carbocycles. The zero-order valence-corrected chi connectivity index (χ0v) is 17.9. The number of rotatable bonds is 8. The Balaban J connectivity index is 1.64. The fraction of sp³-hybridized carbons (Fsp3) is 0.409. The number of nitrogens with zero attached hydrogens (tertiary/aromatic N) is 2. The van der Waals surface area contributed by atoms with E-state index in [1.54, 1.807) is 31.2 Å². The summed E-state index contributed by atoms with van der Waals surface area (Å²) in [5, 5.41) is 2.98. The first-order valence-electron chi connectivity index (χ1n) is 10.0. The highest BCUT2D eigenvalue weighted by Gasteiger charge is 2.16. The van der Waals surface area contributed by atoms with Crippen LogP contribution in [0, 0.1) is 0 Å². The van der Waals surface area contributed by atoms with Gasteiger partial charge in [-0.05, 0) is 68.2 Å². The van der Waals surface area contributed by atoms with Gasteiger partial charge in [0.2, 0.25) is 10.0 Å². The van der Waals surface area contributed by atoms with Crippen molar-refractivity contribution in [2.75, 3.05) is 30.2 Å². The normalized spacial score (nSPS) is 14.7. The lowest BCUT2D eigenvalue weighted by Crippen LogP contribution is -2.29. The van der Waals surface area contributed by atoms with Crippen molar-refractivity contribution in [3.8, 4) is 0 Å². The standard InChI is InChI=1S/C22H29N3O3S/c1-3-25(29(2,27)28)21-12-10-18(11-13-21)22(26)23-16-19-8-4-5-9-20(19)17-24-14-6-7-15-24/h4-5,8-13H,3,6-7,14-17H2,1-2H3,(H,23,26). The van der Waals surface area contributed by atoms with Crippen molar-refractivity contribution in [1.29, 1.82) is 0 Å². The van der Waals surface area contributed by atoms with E-state index in [4.69, 9.17) is 0 Å². The third kappa shape index (κ3) is 5.58. The summed E-state index contributed by atoms with van der Waals surface area (Å²) >= 11 is 0. The second kappa shape index (κ2) is 9.41. The van der Waals surface area contributed by atoms with E-state index in [0.717, 1.165) is 25.2 Å². The number of nitrogens with one attached hydrogen (secondary N) is 1. The minimum absolute atomic E-state index is 0.171. The van der Waals surface area contributed by atoms with Gasteiger partial charge in [-0.15, -0.1) is 0 Å². The average molecular weight is 416 g/mol. The zero-order chi connectivity index (χ0) is 20.9. The van der Waals surface area contributed by atoms with E-state index in [9.17, 15) is 13.2 Å². The summed E-state index contributed by atoms with van der Waals surface area (Å²) in [6.07, 6.45) is 3.68. The van der Waals surface area contributed by atoms with Crippen LogP contribution in [0.5, 0.6) is 0 Å². The predicted octanol–water partition coefficient (Wildman–Crippen LogP) is 3.00. The third-order valence-corrected chi connectivity index (χ3v) is 6.53. The highest BCUT2D eigenvalue weighted by atomic mass is 32.2. The lowest BCUT2D eigenvalue weighted by Gasteiger charge is -2.20. The fourth-order valence-corrected chi connectivity index (χ4v) is 4.70. The van der Waals surface area contributed by atoms with Gasteiger partial charge in [0.1, 0.15) is 0 Å². The van der Waals surface area contributed by atoms with Crippen LogP contribution in [-0.4, -0.2) is 45.1 Å². The van der Waals surface area contributed by atoms with Gasteiger partial charge in [-0.2, -0.15) is 0 Å². The number of amides is 1. The number of carbonyl (C=O) groups is 1. The van der Waals surface area contributed by atoms with Crippen LogP contribution in [0.15, 0.2) is 48.5 Å². The Hall–Kier alpha value is -2.38. The molecule has 0 aliphatic carbocycles. The Labute approximate surface area is 173 Å². The second-order valence-electron chi connectivity index (χ2n) is 7.41. The summed E-state index contributed by atoms with van der Waals surface area (Å²) in [6.45, 7) is 5.78. The molecule has 1 aliphatic rings. The number of carbonyl (C=O) groups excluding carboxylic acids is 1. The van der Waals surface area contributed by atoms with E-state index >= 15 is 0 Å². The number of benzene rings is 2. The van der Waals surface area contributed by atoms with Crippen LogP contribution in [0.2, 0.25) is 0 Å². The molecule has 156 valence electrons. The van der Waals surface area contributed by atoms with Gasteiger partial charge in [-0.25, -0.2) is 8.42 Å². The number of anilines is 1. The molecular formula is C22H29N3O3S. The Bertz CT molecular complexity index is 936. The van der Waals surface area contributed by atoms with Gasteiger partial charge in [0.05, 0.1) is 11.9 Å². The van der Waals surface area contributed by atoms with Crippen LogP contribution in [0.1, 0.15) is 41.3 Å². The summed E-state index contributed by atoms with van der Waals surface area (Å²) in [5.74, 6) is -0.171. The zero-order valence-electron chi connectivity index (χ0n) is 17.1. The van der Waals surface area contributed by atoms with Gasteiger partial charge < -0.3 is 5.32 Å². The minimum Gasteiger partial charge on any atom is -0.348 e. The molecule has 0 unspecified atom stereocenters. The highest BCUT2D eigenvalue weighted by molar-refractivity contribution is 7.92. The molecule has 0 spiro atoms. The lowest BCUT2D eigenvalue weighted by molar-refractivity contribution is 0.0951. The SMILES string of the molecule is CCN(c1ccc(C(=O)NCc2ccccc2CN2CCCC2)cc1)S(C)(=O)=O. The Morgan fingerprint density at radius 3 is 2.24 bits per heavy atom. The molecule has 1 N–H and O–H groups in total. The minimum atomic E-state index is -3.33. The summed E-state index contributed by atoms with van der Waals surface area (Å²) in [4.78, 5) is 15.0. The lowest BCUT2D eigenvalue weighted by atomic mass is 10.1. The van der Waals surface area contributed by atoms with E-state index < -0.39 is 10.0 Å². The topological polar surface area (TPSA) is 69.7 Å². The quantitative estimate of drug-likeness (QED) is 0.720. The summed E-state index contributed by atoms with van der Waals surface area (Å²) < 4.78 is 25.0. The van der Waals surface area contributed by atoms with E-state index in [1.807, 2.05) is 12.1 Å². The molecule has 1 amide bonds. The van der Waals surface area contributed by atoms with Gasteiger partial charge in [0.25, 0.3) is 5.91 Å². The van der Waals surface area contributed by atoms with E-state index in [0.29, 0.717) is 24.3 Å². The van der Waals surface area contributed by atoms with E-state index in [2.05, 4.69) is 22.3 Å². The van der Waals surface area contributed by atoms with Gasteiger partial charge in [-0.3, -0.25) is 14.0 Å². The largest absolute Gasteiger partial charge is 0.348 e. The number of sulfonamides is 1. The highest BCUT2D eigenvalue weighted by Crippen LogP contribution is 2.19. The Morgan fingerprint density at radius 2 is 1.66 bits per heavy atom. The Kier molecular flexibility index (Phi) is 6.92. The van der Waals surface area contributed by atoms with Crippen LogP contribution < -0.4 is 9.62 Å². The maximum Gasteiger partial charge on any atom is 0.251 e. The molecular weight excluding hydrogens is 386 g/mol. The molecule has 6 nitrogen and oxygen atoms in total. The molecule has 2 aromatic rings. The summed E-state index contributed by atoms with van der Waals surface area (Å²) in [7, 11) is -3.33. The van der Waals surface area contributed by atoms with Gasteiger partial charge in [-0.1, -0.05) is 24.3 Å². The number of hydrogen-bond acceptors (Lipinski definition) is 4. The summed E-state index contributed by atoms with van der Waals surface area (Å²) in [5.41, 5.74) is 3.44. The molecule has 0 radical (unpaired) electrons. The van der Waals surface area contributed by atoms with E-state index in [1.165, 1.54) is 29.0 Å². The number of hydrogen-bond donors (Lipinski definition) is 1. The van der Waals surface area contributed by atoms with E-state index in [-0.39, 0.29) is 5.91 Å². The van der Waals surface area contributed by atoms with Crippen molar-refractivity contribution in [2.24, 2.45) is 0 Å². The molecule has 0 aromatic heterocycles. The molecule has 1 saturated heterocycles. The first-order chi connectivity index (χ1) is 13.9. The maximum absolute atomic E-state index is 12.6. The molecule has 2 aromatic carbocycles. The van der Waals surface area contributed by atoms with Crippen molar-refractivity contribution in [1.82, 2.24) is 10.2 Å². The Morgan fingerprint density at radius 1 is 1.03 bits per heavy atom. The number of likely N-dealkylation sites (tertiary alicyclic amines) is 1. The van der Waals surface area contributed by atoms with Crippen molar-refractivity contribution >= 4 is 21.6 Å². The third-order valence-electron chi connectivity index (χ3n) is 5.26. The van der Waals surface area contributed by atoms with Crippen LogP contribution in [0.25, 0.3) is 0 Å². The monoisotopic (exact) mass is 415 g/mol. The van der Waals surface area contributed by atoms with Crippen LogP contribution in [-0.2, 0) is 23.1 Å². The molecule has 1 heterocycles. The van der Waals surface area contributed by atoms with Crippen molar-refractivity contribution < 1.29 is 13.2 Å². The molecule has 0 atom stereocenters. The van der Waals surface area contributed by atoms with Gasteiger partial charge in [0, 0.05) is 25.2 Å². The van der Waals surface area contributed by atoms with Crippen LogP contribution >= 0.6 is 0 Å². The van der Waals surface area contributed by atoms with Crippen molar-refractivity contribution in [3.63, 3.8) is 0 Å². The molecule has 29 heavy (non-hydrogen) atoms. The average Bonchev–Trinajstić information content (AvgIpc) is 3.20. The fourth-order valence-electron chi connectivity index (χ4n) is 3.73. The van der Waals surface area contributed by atoms with Crippen LogP contribution in [0.3, 0.4) is 0 Å². The molecule has 1 aliphatic heterocycles. The first kappa shape index (κ1) is 21.3. The molecule has 7 heteroatoms. The predicted molar refractivity (Wildman–Crippen MR) is 116 cm³/mol. The molecule has 0 bridgehead atoms. The van der Waals surface area contributed by atoms with Gasteiger partial charge in [0.15, 0.2) is 0 Å². The molecule has 3 rings (SSSR count). The van der Waals surface area contributed by atoms with Crippen LogP contribution in [0.4, 0.5) is 5.69 Å². The second-order valence-corrected chi connectivity index (χ2v) is 9.32. The van der Waals surface area contributed by atoms with Crippen molar-refractivity contribution in [3.05, 3.63) is 65.2 Å². The smallest absolute Gasteiger partial charge is 0.251 e.